The lowest BCUT2D eigenvalue weighted by atomic mass is 10.1. The molecule has 0 saturated heterocycles. The van der Waals surface area contributed by atoms with Gasteiger partial charge in [-0.25, -0.2) is 0 Å². The monoisotopic (exact) mass is 394 g/mol. The first-order valence-electron chi connectivity index (χ1n) is 8.93. The maximum absolute atomic E-state index is 12.5. The summed E-state index contributed by atoms with van der Waals surface area (Å²) in [6.07, 6.45) is 0.504. The van der Waals surface area contributed by atoms with E-state index in [0.717, 1.165) is 22.2 Å². The zero-order chi connectivity index (χ0) is 19.7. The number of amides is 1. The van der Waals surface area contributed by atoms with Gasteiger partial charge >= 0.3 is 0 Å². The van der Waals surface area contributed by atoms with E-state index in [2.05, 4.69) is 15.1 Å². The Bertz CT molecular complexity index is 1150. The first-order valence-corrected chi connectivity index (χ1v) is 9.31. The average Bonchev–Trinajstić information content (AvgIpc) is 3.31. The number of H-pyrrole nitrogens is 1. The number of aromatic amines is 1. The summed E-state index contributed by atoms with van der Waals surface area (Å²) in [4.78, 5) is 21.9. The molecular weight excluding hydrogens is 376 g/mol. The quantitative estimate of drug-likeness (QED) is 0.541. The average molecular weight is 395 g/mol. The number of benzene rings is 2. The fourth-order valence-electron chi connectivity index (χ4n) is 3.05. The second-order valence-corrected chi connectivity index (χ2v) is 7.21. The molecule has 0 bridgehead atoms. The van der Waals surface area contributed by atoms with Crippen molar-refractivity contribution in [2.75, 3.05) is 13.6 Å². The Morgan fingerprint density at radius 2 is 2.07 bits per heavy atom. The number of hydrogen-bond donors (Lipinski definition) is 1. The minimum absolute atomic E-state index is 0.0279. The molecule has 0 aliphatic carbocycles. The molecule has 0 atom stereocenters. The van der Waals surface area contributed by atoms with Gasteiger partial charge in [-0.15, -0.1) is 0 Å². The Morgan fingerprint density at radius 1 is 1.21 bits per heavy atom. The standard InChI is InChI=1S/C21H19ClN4O2/c1-13-4-3-5-14(10-13)21(27)26(2)9-8-19-24-20(28-25-19)18-12-15-11-16(22)6-7-17(15)23-18/h3-7,10-12,23H,8-9H2,1-2H3. The molecule has 6 nitrogen and oxygen atoms in total. The summed E-state index contributed by atoms with van der Waals surface area (Å²) in [5.74, 6) is 0.936. The third-order valence-corrected chi connectivity index (χ3v) is 4.80. The zero-order valence-electron chi connectivity index (χ0n) is 15.6. The fourth-order valence-corrected chi connectivity index (χ4v) is 3.23. The smallest absolute Gasteiger partial charge is 0.274 e. The molecule has 28 heavy (non-hydrogen) atoms. The van der Waals surface area contributed by atoms with Gasteiger partial charge in [0, 0.05) is 41.5 Å². The Balaban J connectivity index is 1.43. The van der Waals surface area contributed by atoms with E-state index < -0.39 is 0 Å². The van der Waals surface area contributed by atoms with Gasteiger partial charge in [0.25, 0.3) is 11.8 Å². The highest BCUT2D eigenvalue weighted by atomic mass is 35.5. The number of rotatable bonds is 5. The zero-order valence-corrected chi connectivity index (χ0v) is 16.3. The van der Waals surface area contributed by atoms with Crippen LogP contribution in [0.15, 0.2) is 53.1 Å². The molecule has 7 heteroatoms. The number of carbonyl (C=O) groups excluding carboxylic acids is 1. The predicted molar refractivity (Wildman–Crippen MR) is 108 cm³/mol. The van der Waals surface area contributed by atoms with E-state index >= 15 is 0 Å². The lowest BCUT2D eigenvalue weighted by Crippen LogP contribution is -2.29. The van der Waals surface area contributed by atoms with Crippen LogP contribution in [0, 0.1) is 6.92 Å². The highest BCUT2D eigenvalue weighted by molar-refractivity contribution is 6.31. The molecule has 0 radical (unpaired) electrons. The second-order valence-electron chi connectivity index (χ2n) is 6.78. The van der Waals surface area contributed by atoms with Gasteiger partial charge in [0.2, 0.25) is 0 Å². The van der Waals surface area contributed by atoms with Crippen LogP contribution in [-0.2, 0) is 6.42 Å². The summed E-state index contributed by atoms with van der Waals surface area (Å²) in [5.41, 5.74) is 3.41. The normalized spacial score (nSPS) is 11.1. The van der Waals surface area contributed by atoms with Crippen LogP contribution in [0.25, 0.3) is 22.5 Å². The summed E-state index contributed by atoms with van der Waals surface area (Å²) >= 11 is 6.03. The summed E-state index contributed by atoms with van der Waals surface area (Å²) in [5, 5.41) is 5.68. The van der Waals surface area contributed by atoms with Gasteiger partial charge in [0.1, 0.15) is 5.69 Å². The lowest BCUT2D eigenvalue weighted by molar-refractivity contribution is 0.0795. The third kappa shape index (κ3) is 3.77. The molecule has 0 aliphatic heterocycles. The van der Waals surface area contributed by atoms with Crippen molar-refractivity contribution in [1.82, 2.24) is 20.0 Å². The van der Waals surface area contributed by atoms with E-state index in [1.54, 1.807) is 11.9 Å². The van der Waals surface area contributed by atoms with Gasteiger partial charge in [-0.1, -0.05) is 34.5 Å². The van der Waals surface area contributed by atoms with Crippen molar-refractivity contribution < 1.29 is 9.32 Å². The molecule has 4 aromatic rings. The van der Waals surface area contributed by atoms with Gasteiger partial charge in [0.15, 0.2) is 5.82 Å². The molecular formula is C21H19ClN4O2. The van der Waals surface area contributed by atoms with Crippen LogP contribution in [-0.4, -0.2) is 39.5 Å². The summed E-state index contributed by atoms with van der Waals surface area (Å²) < 4.78 is 5.37. The third-order valence-electron chi connectivity index (χ3n) is 4.56. The minimum Gasteiger partial charge on any atom is -0.351 e. The minimum atomic E-state index is -0.0279. The van der Waals surface area contributed by atoms with Crippen molar-refractivity contribution in [1.29, 1.82) is 0 Å². The summed E-state index contributed by atoms with van der Waals surface area (Å²) in [6.45, 7) is 2.46. The highest BCUT2D eigenvalue weighted by Gasteiger charge is 2.15. The van der Waals surface area contributed by atoms with Crippen LogP contribution in [0.1, 0.15) is 21.7 Å². The van der Waals surface area contributed by atoms with Crippen LogP contribution in [0.3, 0.4) is 0 Å². The Hall–Kier alpha value is -3.12. The van der Waals surface area contributed by atoms with Crippen LogP contribution in [0.2, 0.25) is 5.02 Å². The molecule has 1 N–H and O–H groups in total. The molecule has 0 aliphatic rings. The van der Waals surface area contributed by atoms with Gasteiger partial charge < -0.3 is 14.4 Å². The van der Waals surface area contributed by atoms with Crippen LogP contribution < -0.4 is 0 Å². The van der Waals surface area contributed by atoms with Gasteiger partial charge in [-0.2, -0.15) is 4.98 Å². The highest BCUT2D eigenvalue weighted by Crippen LogP contribution is 2.25. The molecule has 0 unspecified atom stereocenters. The number of nitrogens with one attached hydrogen (secondary N) is 1. The number of nitrogens with zero attached hydrogens (tertiary/aromatic N) is 3. The molecule has 0 saturated carbocycles. The van der Waals surface area contributed by atoms with Crippen molar-refractivity contribution in [2.45, 2.75) is 13.3 Å². The molecule has 2 aromatic carbocycles. The molecule has 2 aromatic heterocycles. The van der Waals surface area contributed by atoms with Crippen molar-refractivity contribution in [3.8, 4) is 11.6 Å². The topological polar surface area (TPSA) is 75.0 Å². The van der Waals surface area contributed by atoms with E-state index in [-0.39, 0.29) is 5.91 Å². The number of fused-ring (bicyclic) bond motifs is 1. The predicted octanol–water partition coefficient (Wildman–Crippen LogP) is 4.49. The number of likely N-dealkylation sites (N-methyl/N-ethyl adjacent to an activating group) is 1. The van der Waals surface area contributed by atoms with E-state index in [9.17, 15) is 4.79 Å². The summed E-state index contributed by atoms with van der Waals surface area (Å²) in [6, 6.07) is 15.1. The van der Waals surface area contributed by atoms with Crippen LogP contribution in [0.5, 0.6) is 0 Å². The van der Waals surface area contributed by atoms with E-state index in [1.807, 2.05) is 55.5 Å². The van der Waals surface area contributed by atoms with E-state index in [0.29, 0.717) is 35.3 Å². The van der Waals surface area contributed by atoms with Crippen molar-refractivity contribution in [3.05, 3.63) is 70.5 Å². The van der Waals surface area contributed by atoms with Gasteiger partial charge in [-0.3, -0.25) is 4.79 Å². The molecule has 0 fully saturated rings. The molecule has 0 spiro atoms. The Morgan fingerprint density at radius 3 is 2.89 bits per heavy atom. The number of aryl methyl sites for hydroxylation is 1. The number of carbonyl (C=O) groups is 1. The second kappa shape index (κ2) is 7.48. The number of hydrogen-bond acceptors (Lipinski definition) is 4. The summed E-state index contributed by atoms with van der Waals surface area (Å²) in [7, 11) is 1.77. The molecule has 1 amide bonds. The maximum atomic E-state index is 12.5. The first-order chi connectivity index (χ1) is 13.5. The van der Waals surface area contributed by atoms with Crippen LogP contribution in [0.4, 0.5) is 0 Å². The SMILES string of the molecule is Cc1cccc(C(=O)N(C)CCc2noc(-c3cc4cc(Cl)ccc4[nH]3)n2)c1. The lowest BCUT2D eigenvalue weighted by Gasteiger charge is -2.16. The first kappa shape index (κ1) is 18.3. The maximum Gasteiger partial charge on any atom is 0.274 e. The van der Waals surface area contributed by atoms with Crippen molar-refractivity contribution >= 4 is 28.4 Å². The Labute approximate surface area is 167 Å². The molecule has 4 rings (SSSR count). The van der Waals surface area contributed by atoms with Crippen LogP contribution >= 0.6 is 11.6 Å². The molecule has 2 heterocycles. The molecule has 142 valence electrons. The van der Waals surface area contributed by atoms with Gasteiger partial charge in [-0.05, 0) is 43.3 Å². The number of aromatic nitrogens is 3. The van der Waals surface area contributed by atoms with Crippen molar-refractivity contribution in [2.24, 2.45) is 0 Å². The van der Waals surface area contributed by atoms with E-state index in [4.69, 9.17) is 16.1 Å². The van der Waals surface area contributed by atoms with Crippen molar-refractivity contribution in [3.63, 3.8) is 0 Å². The number of halogens is 1. The van der Waals surface area contributed by atoms with Gasteiger partial charge in [0.05, 0.1) is 0 Å². The Kier molecular flexibility index (Phi) is 4.88. The van der Waals surface area contributed by atoms with E-state index in [1.165, 1.54) is 0 Å². The largest absolute Gasteiger partial charge is 0.351 e. The fraction of sp³-hybridized carbons (Fsp3) is 0.190.